The fourth-order valence-electron chi connectivity index (χ4n) is 1.52. The van der Waals surface area contributed by atoms with Gasteiger partial charge in [-0.25, -0.2) is 4.72 Å². The zero-order valence-electron chi connectivity index (χ0n) is 10.9. The molecule has 0 unspecified atom stereocenters. The van der Waals surface area contributed by atoms with Gasteiger partial charge in [0.1, 0.15) is 0 Å². The number of nitrogens with zero attached hydrogens (tertiary/aromatic N) is 1. The molecule has 1 aromatic carbocycles. The summed E-state index contributed by atoms with van der Waals surface area (Å²) < 4.78 is 27.9. The summed E-state index contributed by atoms with van der Waals surface area (Å²) in [6.07, 6.45) is 0.776. The molecule has 0 aliphatic carbocycles. The molecular formula is C12H21N3O2S. The first-order valence-corrected chi connectivity index (χ1v) is 7.52. The minimum atomic E-state index is -3.39. The van der Waals surface area contributed by atoms with Gasteiger partial charge in [0, 0.05) is 25.3 Å². The fraction of sp³-hybridized carbons (Fsp3) is 0.500. The lowest BCUT2D eigenvalue weighted by Gasteiger charge is -2.20. The summed E-state index contributed by atoms with van der Waals surface area (Å²) in [6.45, 7) is 5.00. The van der Waals surface area contributed by atoms with Crippen LogP contribution in [0.1, 0.15) is 25.8 Å². The molecule has 0 bridgehead atoms. The van der Waals surface area contributed by atoms with E-state index in [4.69, 9.17) is 5.73 Å². The summed E-state index contributed by atoms with van der Waals surface area (Å²) in [5.74, 6) is 0. The Hall–Kier alpha value is -1.11. The van der Waals surface area contributed by atoms with Crippen molar-refractivity contribution in [2.75, 3.05) is 18.8 Å². The Labute approximate surface area is 109 Å². The van der Waals surface area contributed by atoms with Gasteiger partial charge in [-0.2, -0.15) is 12.7 Å². The van der Waals surface area contributed by atoms with E-state index in [0.29, 0.717) is 25.3 Å². The van der Waals surface area contributed by atoms with Gasteiger partial charge in [0.05, 0.1) is 0 Å². The van der Waals surface area contributed by atoms with E-state index < -0.39 is 10.2 Å². The van der Waals surface area contributed by atoms with Crippen LogP contribution in [0.5, 0.6) is 0 Å². The number of anilines is 1. The lowest BCUT2D eigenvalue weighted by molar-refractivity contribution is 0.414. The summed E-state index contributed by atoms with van der Waals surface area (Å²) >= 11 is 0. The maximum atomic E-state index is 12.0. The molecule has 6 heteroatoms. The summed E-state index contributed by atoms with van der Waals surface area (Å²) in [4.78, 5) is 0. The number of benzene rings is 1. The van der Waals surface area contributed by atoms with Gasteiger partial charge in [0.25, 0.3) is 10.2 Å². The van der Waals surface area contributed by atoms with Crippen LogP contribution in [0.4, 0.5) is 5.69 Å². The van der Waals surface area contributed by atoms with E-state index in [2.05, 4.69) is 4.72 Å². The van der Waals surface area contributed by atoms with Gasteiger partial charge in [-0.3, -0.25) is 0 Å². The Bertz CT molecular complexity index is 457. The average Bonchev–Trinajstić information content (AvgIpc) is 2.35. The van der Waals surface area contributed by atoms with Crippen molar-refractivity contribution in [3.05, 3.63) is 29.8 Å². The summed E-state index contributed by atoms with van der Waals surface area (Å²) in [7, 11) is -3.39. The molecule has 5 nitrogen and oxygen atoms in total. The van der Waals surface area contributed by atoms with Crippen LogP contribution >= 0.6 is 0 Å². The molecule has 0 atom stereocenters. The first kappa shape index (κ1) is 14.9. The van der Waals surface area contributed by atoms with E-state index in [1.54, 1.807) is 12.1 Å². The predicted molar refractivity (Wildman–Crippen MR) is 74.2 cm³/mol. The van der Waals surface area contributed by atoms with E-state index >= 15 is 0 Å². The highest BCUT2D eigenvalue weighted by atomic mass is 32.2. The third-order valence-electron chi connectivity index (χ3n) is 2.57. The first-order valence-electron chi connectivity index (χ1n) is 6.08. The molecule has 0 spiro atoms. The zero-order valence-corrected chi connectivity index (χ0v) is 11.7. The number of nitrogen functional groups attached to an aromatic ring is 1. The molecule has 0 amide bonds. The molecule has 0 fully saturated rings. The Balaban J connectivity index is 2.75. The van der Waals surface area contributed by atoms with Crippen LogP contribution in [0.25, 0.3) is 0 Å². The van der Waals surface area contributed by atoms with Crippen molar-refractivity contribution < 1.29 is 8.42 Å². The van der Waals surface area contributed by atoms with Crippen molar-refractivity contribution in [2.45, 2.75) is 26.8 Å². The molecule has 0 aromatic heterocycles. The third-order valence-corrected chi connectivity index (χ3v) is 4.20. The monoisotopic (exact) mass is 271 g/mol. The predicted octanol–water partition coefficient (Wildman–Crippen LogP) is 1.34. The van der Waals surface area contributed by atoms with Crippen LogP contribution in [0.15, 0.2) is 24.3 Å². The second-order valence-corrected chi connectivity index (χ2v) is 5.82. The molecule has 0 radical (unpaired) electrons. The molecule has 1 aromatic rings. The quantitative estimate of drug-likeness (QED) is 0.735. The Morgan fingerprint density at radius 1 is 1.22 bits per heavy atom. The van der Waals surface area contributed by atoms with Gasteiger partial charge in [-0.1, -0.05) is 26.0 Å². The van der Waals surface area contributed by atoms with E-state index in [0.717, 1.165) is 12.0 Å². The smallest absolute Gasteiger partial charge is 0.279 e. The highest BCUT2D eigenvalue weighted by Crippen LogP contribution is 2.10. The second-order valence-electron chi connectivity index (χ2n) is 4.07. The number of rotatable bonds is 7. The van der Waals surface area contributed by atoms with Crippen molar-refractivity contribution in [1.82, 2.24) is 9.03 Å². The molecule has 0 saturated carbocycles. The topological polar surface area (TPSA) is 75.4 Å². The largest absolute Gasteiger partial charge is 0.399 e. The van der Waals surface area contributed by atoms with Crippen LogP contribution in [0.3, 0.4) is 0 Å². The van der Waals surface area contributed by atoms with E-state index in [1.807, 2.05) is 26.0 Å². The highest BCUT2D eigenvalue weighted by Gasteiger charge is 2.19. The maximum Gasteiger partial charge on any atom is 0.279 e. The van der Waals surface area contributed by atoms with Crippen LogP contribution in [0, 0.1) is 0 Å². The third kappa shape index (κ3) is 4.29. The molecular weight excluding hydrogens is 250 g/mol. The zero-order chi connectivity index (χ0) is 13.6. The van der Waals surface area contributed by atoms with Gasteiger partial charge in [-0.15, -0.1) is 0 Å². The molecule has 102 valence electrons. The van der Waals surface area contributed by atoms with Crippen molar-refractivity contribution in [3.63, 3.8) is 0 Å². The Morgan fingerprint density at radius 3 is 2.33 bits per heavy atom. The van der Waals surface area contributed by atoms with Gasteiger partial charge in [0.2, 0.25) is 0 Å². The lowest BCUT2D eigenvalue weighted by Crippen LogP contribution is -2.40. The summed E-state index contributed by atoms with van der Waals surface area (Å²) in [6, 6.07) is 7.23. The first-order chi connectivity index (χ1) is 8.49. The van der Waals surface area contributed by atoms with Gasteiger partial charge < -0.3 is 5.73 Å². The van der Waals surface area contributed by atoms with E-state index in [-0.39, 0.29) is 0 Å². The van der Waals surface area contributed by atoms with E-state index in [9.17, 15) is 8.42 Å². The lowest BCUT2D eigenvalue weighted by atomic mass is 10.2. The molecule has 0 aliphatic rings. The van der Waals surface area contributed by atoms with E-state index in [1.165, 1.54) is 4.31 Å². The maximum absolute atomic E-state index is 12.0. The van der Waals surface area contributed by atoms with Crippen LogP contribution in [0.2, 0.25) is 0 Å². The molecule has 18 heavy (non-hydrogen) atoms. The molecule has 1 rings (SSSR count). The minimum Gasteiger partial charge on any atom is -0.399 e. The standard InChI is InChI=1S/C12H21N3O2S/c1-3-9-14-18(16,17)15(4-2)10-11-5-7-12(13)8-6-11/h5-8,14H,3-4,9-10,13H2,1-2H3. The fourth-order valence-corrected chi connectivity index (χ4v) is 2.82. The van der Waals surface area contributed by atoms with Crippen molar-refractivity contribution >= 4 is 15.9 Å². The molecule has 0 saturated heterocycles. The number of hydrogen-bond donors (Lipinski definition) is 2. The normalized spacial score (nSPS) is 11.9. The van der Waals surface area contributed by atoms with Crippen LogP contribution < -0.4 is 10.5 Å². The van der Waals surface area contributed by atoms with Gasteiger partial charge in [-0.05, 0) is 24.1 Å². The number of nitrogens with one attached hydrogen (secondary N) is 1. The Kier molecular flexibility index (Phi) is 5.58. The summed E-state index contributed by atoms with van der Waals surface area (Å²) in [5, 5.41) is 0. The number of nitrogens with two attached hydrogens (primary N) is 1. The minimum absolute atomic E-state index is 0.357. The van der Waals surface area contributed by atoms with Crippen LogP contribution in [-0.2, 0) is 16.8 Å². The van der Waals surface area contributed by atoms with Gasteiger partial charge in [0.15, 0.2) is 0 Å². The number of hydrogen-bond acceptors (Lipinski definition) is 3. The summed E-state index contributed by atoms with van der Waals surface area (Å²) in [5.41, 5.74) is 7.20. The van der Waals surface area contributed by atoms with Crippen molar-refractivity contribution in [2.24, 2.45) is 0 Å². The van der Waals surface area contributed by atoms with Crippen LogP contribution in [-0.4, -0.2) is 25.8 Å². The molecule has 3 N–H and O–H groups in total. The van der Waals surface area contributed by atoms with Gasteiger partial charge >= 0.3 is 0 Å². The molecule has 0 heterocycles. The van der Waals surface area contributed by atoms with Crippen molar-refractivity contribution in [3.8, 4) is 0 Å². The molecule has 0 aliphatic heterocycles. The second kappa shape index (κ2) is 6.72. The van der Waals surface area contributed by atoms with Crippen molar-refractivity contribution in [1.29, 1.82) is 0 Å². The average molecular weight is 271 g/mol. The highest BCUT2D eigenvalue weighted by molar-refractivity contribution is 7.87. The SMILES string of the molecule is CCCNS(=O)(=O)N(CC)Cc1ccc(N)cc1. The Morgan fingerprint density at radius 2 is 1.83 bits per heavy atom.